The van der Waals surface area contributed by atoms with E-state index in [0.29, 0.717) is 13.2 Å². The predicted octanol–water partition coefficient (Wildman–Crippen LogP) is 4.54. The minimum atomic E-state index is -1.75. The number of carbonyl (C=O) groups is 1. The van der Waals surface area contributed by atoms with E-state index in [1.54, 1.807) is 7.11 Å². The Balaban J connectivity index is 2.70. The molecule has 1 rings (SSSR count). The van der Waals surface area contributed by atoms with Gasteiger partial charge in [0.25, 0.3) is 0 Å². The van der Waals surface area contributed by atoms with Crippen molar-refractivity contribution in [2.75, 3.05) is 20.3 Å². The SMILES string of the molecule is CCOC(=O)[C@]1(CCOC)CC[C@H](O[Si](C)(C)C(C)(C)C)CC1. The molecule has 0 amide bonds. The van der Waals surface area contributed by atoms with Gasteiger partial charge >= 0.3 is 5.97 Å². The molecular weight excluding hydrogens is 308 g/mol. The maximum atomic E-state index is 12.5. The van der Waals surface area contributed by atoms with E-state index in [1.807, 2.05) is 6.92 Å². The normalized spacial score (nSPS) is 26.1. The van der Waals surface area contributed by atoms with Gasteiger partial charge in [0.1, 0.15) is 0 Å². The van der Waals surface area contributed by atoms with Gasteiger partial charge in [0.15, 0.2) is 8.32 Å². The Hall–Kier alpha value is -0.393. The fraction of sp³-hybridized carbons (Fsp3) is 0.944. The first-order chi connectivity index (χ1) is 10.6. The number of methoxy groups -OCH3 is 1. The van der Waals surface area contributed by atoms with Crippen molar-refractivity contribution in [3.63, 3.8) is 0 Å². The number of ether oxygens (including phenoxy) is 2. The lowest BCUT2D eigenvalue weighted by Crippen LogP contribution is -2.47. The Morgan fingerprint density at radius 1 is 1.22 bits per heavy atom. The molecule has 0 aliphatic heterocycles. The maximum Gasteiger partial charge on any atom is 0.312 e. The van der Waals surface area contributed by atoms with Crippen LogP contribution in [-0.4, -0.2) is 40.7 Å². The molecule has 0 aromatic heterocycles. The summed E-state index contributed by atoms with van der Waals surface area (Å²) in [4.78, 5) is 12.5. The van der Waals surface area contributed by atoms with Gasteiger partial charge in [0.2, 0.25) is 0 Å². The number of carbonyl (C=O) groups excluding carboxylic acids is 1. The topological polar surface area (TPSA) is 44.8 Å². The van der Waals surface area contributed by atoms with Gasteiger partial charge in [-0.3, -0.25) is 4.79 Å². The minimum absolute atomic E-state index is 0.0529. The van der Waals surface area contributed by atoms with Crippen LogP contribution >= 0.6 is 0 Å². The van der Waals surface area contributed by atoms with Crippen molar-refractivity contribution in [2.24, 2.45) is 5.41 Å². The Labute approximate surface area is 143 Å². The summed E-state index contributed by atoms with van der Waals surface area (Å²) in [6.07, 6.45) is 4.59. The zero-order chi connectivity index (χ0) is 17.7. The molecular formula is C18H36O4Si. The molecule has 4 nitrogen and oxygen atoms in total. The number of rotatable bonds is 7. The molecule has 0 aromatic carbocycles. The second kappa shape index (κ2) is 8.12. The number of hydrogen-bond acceptors (Lipinski definition) is 4. The van der Waals surface area contributed by atoms with Crippen molar-refractivity contribution < 1.29 is 18.7 Å². The van der Waals surface area contributed by atoms with Gasteiger partial charge in [0.05, 0.1) is 12.0 Å². The van der Waals surface area contributed by atoms with Gasteiger partial charge in [-0.1, -0.05) is 20.8 Å². The van der Waals surface area contributed by atoms with E-state index in [0.717, 1.165) is 32.1 Å². The highest BCUT2D eigenvalue weighted by Gasteiger charge is 2.45. The quantitative estimate of drug-likeness (QED) is 0.502. The molecule has 0 spiro atoms. The van der Waals surface area contributed by atoms with Crippen LogP contribution in [0.1, 0.15) is 59.8 Å². The summed E-state index contributed by atoms with van der Waals surface area (Å²) in [5, 5.41) is 0.221. The van der Waals surface area contributed by atoms with E-state index < -0.39 is 8.32 Å². The van der Waals surface area contributed by atoms with Crippen LogP contribution in [0.2, 0.25) is 18.1 Å². The first kappa shape index (κ1) is 20.7. The van der Waals surface area contributed by atoms with Gasteiger partial charge in [-0.2, -0.15) is 0 Å². The van der Waals surface area contributed by atoms with Gasteiger partial charge < -0.3 is 13.9 Å². The highest BCUT2D eigenvalue weighted by atomic mass is 28.4. The molecule has 23 heavy (non-hydrogen) atoms. The van der Waals surface area contributed by atoms with Gasteiger partial charge in [0, 0.05) is 19.8 Å². The molecule has 136 valence electrons. The van der Waals surface area contributed by atoms with Crippen molar-refractivity contribution in [3.8, 4) is 0 Å². The second-order valence-corrected chi connectivity index (χ2v) is 13.1. The van der Waals surface area contributed by atoms with E-state index in [9.17, 15) is 4.79 Å². The van der Waals surface area contributed by atoms with Crippen LogP contribution < -0.4 is 0 Å². The Bertz CT molecular complexity index is 379. The fourth-order valence-electron chi connectivity index (χ4n) is 2.99. The summed E-state index contributed by atoms with van der Waals surface area (Å²) < 4.78 is 17.1. The molecule has 1 saturated carbocycles. The first-order valence-corrected chi connectivity index (χ1v) is 11.8. The van der Waals surface area contributed by atoms with Crippen molar-refractivity contribution in [1.29, 1.82) is 0 Å². The zero-order valence-corrected chi connectivity index (χ0v) is 17.2. The summed E-state index contributed by atoms with van der Waals surface area (Å²) in [6.45, 7) is 14.3. The van der Waals surface area contributed by atoms with Crippen molar-refractivity contribution in [3.05, 3.63) is 0 Å². The Kier molecular flexibility index (Phi) is 7.29. The Morgan fingerprint density at radius 3 is 2.22 bits per heavy atom. The molecule has 0 unspecified atom stereocenters. The third-order valence-corrected chi connectivity index (χ3v) is 10.2. The highest BCUT2D eigenvalue weighted by Crippen LogP contribution is 2.44. The van der Waals surface area contributed by atoms with Crippen molar-refractivity contribution >= 4 is 14.3 Å². The van der Waals surface area contributed by atoms with Gasteiger partial charge in [-0.25, -0.2) is 0 Å². The van der Waals surface area contributed by atoms with Crippen molar-refractivity contribution in [2.45, 2.75) is 84.0 Å². The predicted molar refractivity (Wildman–Crippen MR) is 96.1 cm³/mol. The average Bonchev–Trinajstić information content (AvgIpc) is 2.45. The lowest BCUT2D eigenvalue weighted by atomic mass is 9.71. The molecule has 0 radical (unpaired) electrons. The van der Waals surface area contributed by atoms with Crippen LogP contribution in [0, 0.1) is 5.41 Å². The van der Waals surface area contributed by atoms with E-state index in [-0.39, 0.29) is 22.5 Å². The molecule has 0 heterocycles. The molecule has 0 N–H and O–H groups in total. The largest absolute Gasteiger partial charge is 0.466 e. The zero-order valence-electron chi connectivity index (χ0n) is 16.2. The lowest BCUT2D eigenvalue weighted by molar-refractivity contribution is -0.160. The van der Waals surface area contributed by atoms with E-state index in [2.05, 4.69) is 33.9 Å². The third-order valence-electron chi connectivity index (χ3n) is 5.65. The van der Waals surface area contributed by atoms with Crippen molar-refractivity contribution in [1.82, 2.24) is 0 Å². The molecule has 1 fully saturated rings. The smallest absolute Gasteiger partial charge is 0.312 e. The van der Waals surface area contributed by atoms with Gasteiger partial charge in [-0.05, 0) is 57.2 Å². The molecule has 0 aromatic rings. The standard InChI is InChI=1S/C18H36O4Si/c1-8-21-16(19)18(13-14-20-5)11-9-15(10-12-18)22-23(6,7)17(2,3)4/h15H,8-14H2,1-7H3/t15-,18+. The monoisotopic (exact) mass is 344 g/mol. The maximum absolute atomic E-state index is 12.5. The summed E-state index contributed by atoms with van der Waals surface area (Å²) in [5.74, 6) is -0.0529. The van der Waals surface area contributed by atoms with Crippen LogP contribution in [0.15, 0.2) is 0 Å². The van der Waals surface area contributed by atoms with E-state index in [4.69, 9.17) is 13.9 Å². The van der Waals surface area contributed by atoms with Crippen LogP contribution in [-0.2, 0) is 18.7 Å². The van der Waals surface area contributed by atoms with Crippen LogP contribution in [0.3, 0.4) is 0 Å². The summed E-state index contributed by atoms with van der Waals surface area (Å²) in [5.41, 5.74) is -0.376. The van der Waals surface area contributed by atoms with Gasteiger partial charge in [-0.15, -0.1) is 0 Å². The molecule has 1 aliphatic rings. The highest BCUT2D eigenvalue weighted by molar-refractivity contribution is 6.74. The number of hydrogen-bond donors (Lipinski definition) is 0. The van der Waals surface area contributed by atoms with Crippen LogP contribution in [0.4, 0.5) is 0 Å². The lowest BCUT2D eigenvalue weighted by Gasteiger charge is -2.43. The van der Waals surface area contributed by atoms with Crippen LogP contribution in [0.25, 0.3) is 0 Å². The van der Waals surface area contributed by atoms with E-state index >= 15 is 0 Å². The average molecular weight is 345 g/mol. The molecule has 5 heteroatoms. The first-order valence-electron chi connectivity index (χ1n) is 8.92. The third kappa shape index (κ3) is 5.30. The Morgan fingerprint density at radius 2 is 1.78 bits per heavy atom. The van der Waals surface area contributed by atoms with Crippen LogP contribution in [0.5, 0.6) is 0 Å². The van der Waals surface area contributed by atoms with E-state index in [1.165, 1.54) is 0 Å². The number of esters is 1. The molecule has 0 bridgehead atoms. The summed E-state index contributed by atoms with van der Waals surface area (Å²) in [7, 11) is -0.0617. The molecule has 0 atom stereocenters. The fourth-order valence-corrected chi connectivity index (χ4v) is 4.42. The molecule has 1 aliphatic carbocycles. The summed E-state index contributed by atoms with van der Waals surface area (Å²) >= 11 is 0. The minimum Gasteiger partial charge on any atom is -0.466 e. The summed E-state index contributed by atoms with van der Waals surface area (Å²) in [6, 6.07) is 0. The molecule has 0 saturated heterocycles. The second-order valence-electron chi connectivity index (χ2n) is 8.32.